The lowest BCUT2D eigenvalue weighted by molar-refractivity contribution is -0.195. The number of hydrogen-bond acceptors (Lipinski definition) is 6. The summed E-state index contributed by atoms with van der Waals surface area (Å²) < 4.78 is 16.0. The predicted molar refractivity (Wildman–Crippen MR) is 137 cm³/mol. The van der Waals surface area contributed by atoms with Crippen LogP contribution in [0.5, 0.6) is 0 Å². The smallest absolute Gasteiger partial charge is 0.306 e. The van der Waals surface area contributed by atoms with Gasteiger partial charge in [-0.15, -0.1) is 0 Å². The quantitative estimate of drug-likeness (QED) is 0.120. The molecule has 0 amide bonds. The topological polar surface area (TPSA) is 85.2 Å². The zero-order chi connectivity index (χ0) is 24.7. The lowest BCUT2D eigenvalue weighted by atomic mass is 10.0. The number of aliphatic hydroxyl groups excluding tert-OH is 2. The Hall–Kier alpha value is -0.690. The van der Waals surface area contributed by atoms with Gasteiger partial charge in [0.1, 0.15) is 6.10 Å². The molecule has 0 saturated carbocycles. The summed E-state index contributed by atoms with van der Waals surface area (Å²) in [5, 5.41) is 19.0. The second-order valence-corrected chi connectivity index (χ2v) is 9.93. The highest BCUT2D eigenvalue weighted by atomic mass is 16.7. The molecule has 2 N–H and O–H groups in total. The molecule has 0 aromatic heterocycles. The van der Waals surface area contributed by atoms with E-state index in [1.807, 2.05) is 0 Å². The molecule has 1 rings (SSSR count). The first-order valence-corrected chi connectivity index (χ1v) is 14.4. The molecule has 1 heterocycles. The molecule has 1 saturated heterocycles. The van der Waals surface area contributed by atoms with Gasteiger partial charge in [-0.25, -0.2) is 0 Å². The van der Waals surface area contributed by atoms with Gasteiger partial charge in [-0.2, -0.15) is 0 Å². The van der Waals surface area contributed by atoms with Gasteiger partial charge in [0.05, 0.1) is 19.8 Å². The van der Waals surface area contributed by atoms with Crippen molar-refractivity contribution in [3.05, 3.63) is 0 Å². The van der Waals surface area contributed by atoms with Gasteiger partial charge in [-0.3, -0.25) is 4.79 Å². The van der Waals surface area contributed by atoms with E-state index < -0.39 is 25.1 Å². The van der Waals surface area contributed by atoms with Crippen molar-refractivity contribution in [3.8, 4) is 0 Å². The van der Waals surface area contributed by atoms with Crippen molar-refractivity contribution >= 4 is 5.97 Å². The Kier molecular flexibility index (Phi) is 21.0. The van der Waals surface area contributed by atoms with Gasteiger partial charge >= 0.3 is 5.97 Å². The summed E-state index contributed by atoms with van der Waals surface area (Å²) in [5.41, 5.74) is 0. The summed E-state index contributed by atoms with van der Waals surface area (Å²) in [6, 6.07) is 0. The minimum atomic E-state index is -1.20. The molecule has 2 atom stereocenters. The fourth-order valence-corrected chi connectivity index (χ4v) is 4.54. The van der Waals surface area contributed by atoms with E-state index in [-0.39, 0.29) is 5.97 Å². The maximum Gasteiger partial charge on any atom is 0.306 e. The van der Waals surface area contributed by atoms with Gasteiger partial charge in [0.2, 0.25) is 0 Å². The van der Waals surface area contributed by atoms with Crippen LogP contribution in [0, 0.1) is 0 Å². The Morgan fingerprint density at radius 2 is 1.12 bits per heavy atom. The van der Waals surface area contributed by atoms with Crippen LogP contribution in [0.4, 0.5) is 0 Å². The van der Waals surface area contributed by atoms with Crippen LogP contribution in [0.3, 0.4) is 0 Å². The number of ether oxygens (including phenoxy) is 3. The van der Waals surface area contributed by atoms with E-state index in [0.717, 1.165) is 19.3 Å². The lowest BCUT2D eigenvalue weighted by Crippen LogP contribution is -2.43. The van der Waals surface area contributed by atoms with Gasteiger partial charge in [0.15, 0.2) is 12.4 Å². The molecular formula is C28H54O6. The molecule has 1 aliphatic rings. The number of carbonyl (C=O) groups is 1. The number of hydrogen-bond donors (Lipinski definition) is 2. The molecule has 0 bridgehead atoms. The van der Waals surface area contributed by atoms with Gasteiger partial charge < -0.3 is 24.4 Å². The van der Waals surface area contributed by atoms with Crippen LogP contribution in [0.15, 0.2) is 0 Å². The van der Waals surface area contributed by atoms with Crippen LogP contribution < -0.4 is 0 Å². The molecule has 34 heavy (non-hydrogen) atoms. The van der Waals surface area contributed by atoms with Crippen molar-refractivity contribution in [1.29, 1.82) is 0 Å². The molecule has 6 heteroatoms. The van der Waals surface area contributed by atoms with E-state index in [1.54, 1.807) is 0 Å². The Morgan fingerprint density at radius 3 is 1.50 bits per heavy atom. The van der Waals surface area contributed by atoms with Crippen LogP contribution in [-0.2, 0) is 19.0 Å². The van der Waals surface area contributed by atoms with Crippen LogP contribution in [0.2, 0.25) is 0 Å². The highest BCUT2D eigenvalue weighted by Gasteiger charge is 2.35. The molecule has 6 nitrogen and oxygen atoms in total. The zero-order valence-corrected chi connectivity index (χ0v) is 22.0. The third-order valence-electron chi connectivity index (χ3n) is 6.73. The Morgan fingerprint density at radius 1 is 0.735 bits per heavy atom. The van der Waals surface area contributed by atoms with Gasteiger partial charge in [-0.05, 0) is 6.42 Å². The van der Waals surface area contributed by atoms with Crippen molar-refractivity contribution in [2.24, 2.45) is 0 Å². The Labute approximate surface area is 209 Å². The number of esters is 1. The summed E-state index contributed by atoms with van der Waals surface area (Å²) in [6.45, 7) is 2.58. The van der Waals surface area contributed by atoms with Crippen LogP contribution in [-0.4, -0.2) is 54.5 Å². The van der Waals surface area contributed by atoms with E-state index >= 15 is 0 Å². The first-order chi connectivity index (χ1) is 16.7. The second-order valence-electron chi connectivity index (χ2n) is 9.93. The molecule has 0 aliphatic carbocycles. The normalized spacial score (nSPS) is 16.1. The number of carbonyl (C=O) groups excluding carboxylic acids is 1. The monoisotopic (exact) mass is 486 g/mol. The lowest BCUT2D eigenvalue weighted by Gasteiger charge is -2.25. The average molecular weight is 487 g/mol. The first-order valence-electron chi connectivity index (χ1n) is 14.4. The van der Waals surface area contributed by atoms with E-state index in [9.17, 15) is 15.0 Å². The summed E-state index contributed by atoms with van der Waals surface area (Å²) in [4.78, 5) is 12.1. The van der Waals surface area contributed by atoms with Crippen molar-refractivity contribution in [3.63, 3.8) is 0 Å². The largest absolute Gasteiger partial charge is 0.454 e. The average Bonchev–Trinajstić information content (AvgIpc) is 3.38. The third-order valence-corrected chi connectivity index (χ3v) is 6.73. The summed E-state index contributed by atoms with van der Waals surface area (Å²) in [7, 11) is 0. The minimum absolute atomic E-state index is 0.320. The maximum atomic E-state index is 12.1. The van der Waals surface area contributed by atoms with Gasteiger partial charge in [0, 0.05) is 6.42 Å². The second kappa shape index (κ2) is 22.8. The molecule has 0 spiro atoms. The molecule has 202 valence electrons. The predicted octanol–water partition coefficient (Wildman–Crippen LogP) is 6.45. The summed E-state index contributed by atoms with van der Waals surface area (Å²) in [5.74, 6) is -0.372. The molecule has 0 radical (unpaired) electrons. The fourth-order valence-electron chi connectivity index (χ4n) is 4.54. The number of aliphatic hydroxyl groups is 2. The molecule has 1 fully saturated rings. The van der Waals surface area contributed by atoms with Crippen LogP contribution in [0.25, 0.3) is 0 Å². The third kappa shape index (κ3) is 16.9. The summed E-state index contributed by atoms with van der Waals surface area (Å²) in [6.07, 6.45) is 22.4. The first kappa shape index (κ1) is 31.3. The van der Waals surface area contributed by atoms with Crippen LogP contribution >= 0.6 is 0 Å². The van der Waals surface area contributed by atoms with Crippen molar-refractivity contribution in [1.82, 2.24) is 0 Å². The van der Waals surface area contributed by atoms with E-state index in [4.69, 9.17) is 14.2 Å². The Balaban J connectivity index is 1.84. The van der Waals surface area contributed by atoms with E-state index in [2.05, 4.69) is 6.92 Å². The van der Waals surface area contributed by atoms with Gasteiger partial charge in [0.25, 0.3) is 0 Å². The van der Waals surface area contributed by atoms with E-state index in [0.29, 0.717) is 19.6 Å². The SMILES string of the molecule is CCCCCCCCCCCCCCCCCCCCCC(=O)O[C@@H](C1OCCO1)[C@H](O)CO. The number of unbranched alkanes of at least 4 members (excludes halogenated alkanes) is 18. The summed E-state index contributed by atoms with van der Waals surface area (Å²) >= 11 is 0. The molecule has 1 aliphatic heterocycles. The van der Waals surface area contributed by atoms with Crippen LogP contribution in [0.1, 0.15) is 135 Å². The standard InChI is InChI=1S/C28H54O6/c1-2-3-4-5-6-7-8-9-10-11-12-13-14-15-16-17-18-19-20-21-26(31)34-27(25(30)24-29)28-32-22-23-33-28/h25,27-30H,2-24H2,1H3/t25-,27-/m1/s1. The maximum absolute atomic E-state index is 12.1. The molecule has 0 aromatic rings. The van der Waals surface area contributed by atoms with E-state index in [1.165, 1.54) is 103 Å². The highest BCUT2D eigenvalue weighted by molar-refractivity contribution is 5.69. The van der Waals surface area contributed by atoms with Crippen molar-refractivity contribution in [2.45, 2.75) is 154 Å². The molecule has 0 aromatic carbocycles. The Bertz CT molecular complexity index is 452. The zero-order valence-electron chi connectivity index (χ0n) is 22.0. The van der Waals surface area contributed by atoms with Gasteiger partial charge in [-0.1, -0.05) is 122 Å². The van der Waals surface area contributed by atoms with Crippen molar-refractivity contribution < 1.29 is 29.2 Å². The fraction of sp³-hybridized carbons (Fsp3) is 0.964. The number of rotatable bonds is 24. The minimum Gasteiger partial charge on any atom is -0.454 e. The highest BCUT2D eigenvalue weighted by Crippen LogP contribution is 2.18. The van der Waals surface area contributed by atoms with Crippen molar-refractivity contribution in [2.75, 3.05) is 19.8 Å². The molecule has 0 unspecified atom stereocenters. The molecular weight excluding hydrogens is 432 g/mol.